The average molecular weight is 271 g/mol. The predicted octanol–water partition coefficient (Wildman–Crippen LogP) is 0.595. The summed E-state index contributed by atoms with van der Waals surface area (Å²) in [4.78, 5) is 14.5. The maximum atomic E-state index is 11.7. The first kappa shape index (κ1) is 10.4. The van der Waals surface area contributed by atoms with E-state index in [2.05, 4.69) is 26.0 Å². The van der Waals surface area contributed by atoms with Gasteiger partial charge in [0.1, 0.15) is 0 Å². The zero-order valence-corrected chi connectivity index (χ0v) is 9.84. The van der Waals surface area contributed by atoms with Crippen LogP contribution in [0.2, 0.25) is 0 Å². The second kappa shape index (κ2) is 3.79. The number of halogens is 1. The highest BCUT2D eigenvalue weighted by atomic mass is 79.9. The van der Waals surface area contributed by atoms with Gasteiger partial charge >= 0.3 is 0 Å². The number of fused-ring (bicyclic) bond motifs is 1. The Bertz CT molecular complexity index is 557. The molecule has 0 aromatic carbocycles. The summed E-state index contributed by atoms with van der Waals surface area (Å²) in [7, 11) is 0. The zero-order chi connectivity index (χ0) is 11.0. The van der Waals surface area contributed by atoms with E-state index in [0.29, 0.717) is 24.2 Å². The van der Waals surface area contributed by atoms with E-state index in [0.717, 1.165) is 10.2 Å². The first-order valence-corrected chi connectivity index (χ1v) is 5.39. The van der Waals surface area contributed by atoms with Crippen molar-refractivity contribution in [2.75, 3.05) is 6.54 Å². The van der Waals surface area contributed by atoms with Gasteiger partial charge in [-0.1, -0.05) is 0 Å². The molecule has 15 heavy (non-hydrogen) atoms. The van der Waals surface area contributed by atoms with Gasteiger partial charge in [0.05, 0.1) is 16.4 Å². The second-order valence-corrected chi connectivity index (χ2v) is 4.16. The number of nitrogens with one attached hydrogen (secondary N) is 1. The molecular weight excluding hydrogens is 260 g/mol. The highest BCUT2D eigenvalue weighted by Gasteiger charge is 2.10. The number of hydrogen-bond donors (Lipinski definition) is 2. The minimum absolute atomic E-state index is 0.0911. The predicted molar refractivity (Wildman–Crippen MR) is 61.0 cm³/mol. The van der Waals surface area contributed by atoms with Crippen molar-refractivity contribution in [2.45, 2.75) is 13.3 Å². The summed E-state index contributed by atoms with van der Waals surface area (Å²) in [6, 6.07) is 0. The Morgan fingerprint density at radius 3 is 3.07 bits per heavy atom. The number of aromatic nitrogens is 3. The highest BCUT2D eigenvalue weighted by Crippen LogP contribution is 2.16. The lowest BCUT2D eigenvalue weighted by Crippen LogP contribution is -2.21. The molecule has 3 N–H and O–H groups in total. The number of aromatic amines is 1. The van der Waals surface area contributed by atoms with Gasteiger partial charge < -0.3 is 10.7 Å². The van der Waals surface area contributed by atoms with Gasteiger partial charge in [-0.3, -0.25) is 4.79 Å². The maximum absolute atomic E-state index is 11.7. The number of nitrogens with two attached hydrogens (primary N) is 1. The van der Waals surface area contributed by atoms with Gasteiger partial charge in [-0.25, -0.2) is 4.52 Å². The lowest BCUT2D eigenvalue weighted by molar-refractivity contribution is 0.832. The fraction of sp³-hybridized carbons (Fsp3) is 0.333. The Hall–Kier alpha value is -1.14. The molecule has 5 nitrogen and oxygen atoms in total. The topological polar surface area (TPSA) is 76.2 Å². The zero-order valence-electron chi connectivity index (χ0n) is 8.25. The van der Waals surface area contributed by atoms with E-state index in [-0.39, 0.29) is 5.56 Å². The van der Waals surface area contributed by atoms with Crippen LogP contribution in [0.4, 0.5) is 0 Å². The van der Waals surface area contributed by atoms with E-state index in [1.54, 1.807) is 10.7 Å². The monoisotopic (exact) mass is 270 g/mol. The van der Waals surface area contributed by atoms with Gasteiger partial charge in [0, 0.05) is 5.56 Å². The molecule has 0 fully saturated rings. The Morgan fingerprint density at radius 1 is 1.67 bits per heavy atom. The van der Waals surface area contributed by atoms with Gasteiger partial charge in [-0.15, -0.1) is 0 Å². The third-order valence-corrected chi connectivity index (χ3v) is 2.96. The molecule has 2 aromatic heterocycles. The second-order valence-electron chi connectivity index (χ2n) is 3.31. The molecular formula is C9H11BrN4O. The third kappa shape index (κ3) is 1.59. The Morgan fingerprint density at radius 2 is 2.40 bits per heavy atom. The van der Waals surface area contributed by atoms with Crippen LogP contribution in [0.15, 0.2) is 15.5 Å². The standard InChI is InChI=1S/C9H11BrN4O/c1-5-6(2-3-11)9(15)13-8-7(10)4-12-14(5)8/h4H,2-3,11H2,1H3,(H,13,15). The lowest BCUT2D eigenvalue weighted by atomic mass is 10.2. The van der Waals surface area contributed by atoms with Crippen molar-refractivity contribution in [3.05, 3.63) is 32.3 Å². The number of H-pyrrole nitrogens is 1. The molecule has 0 amide bonds. The summed E-state index contributed by atoms with van der Waals surface area (Å²) < 4.78 is 2.48. The molecule has 0 atom stereocenters. The van der Waals surface area contributed by atoms with Crippen molar-refractivity contribution in [1.82, 2.24) is 14.6 Å². The summed E-state index contributed by atoms with van der Waals surface area (Å²) in [6.07, 6.45) is 2.22. The molecule has 0 unspecified atom stereocenters. The molecule has 6 heteroatoms. The van der Waals surface area contributed by atoms with Gasteiger partial charge in [-0.2, -0.15) is 5.10 Å². The smallest absolute Gasteiger partial charge is 0.254 e. The minimum atomic E-state index is -0.0911. The van der Waals surface area contributed by atoms with Crippen LogP contribution in [-0.4, -0.2) is 21.1 Å². The van der Waals surface area contributed by atoms with Gasteiger partial charge in [0.15, 0.2) is 5.65 Å². The van der Waals surface area contributed by atoms with Crippen LogP contribution in [0.25, 0.3) is 5.65 Å². The van der Waals surface area contributed by atoms with Crippen LogP contribution < -0.4 is 11.3 Å². The molecule has 2 rings (SSSR count). The fourth-order valence-corrected chi connectivity index (χ4v) is 1.97. The maximum Gasteiger partial charge on any atom is 0.254 e. The van der Waals surface area contributed by atoms with E-state index >= 15 is 0 Å². The summed E-state index contributed by atoms with van der Waals surface area (Å²) in [5.74, 6) is 0. The van der Waals surface area contributed by atoms with Crippen LogP contribution in [0.1, 0.15) is 11.3 Å². The summed E-state index contributed by atoms with van der Waals surface area (Å²) in [5.41, 5.74) is 7.58. The summed E-state index contributed by atoms with van der Waals surface area (Å²) >= 11 is 3.32. The number of rotatable bonds is 2. The number of hydrogen-bond acceptors (Lipinski definition) is 3. The molecule has 0 aliphatic carbocycles. The summed E-state index contributed by atoms with van der Waals surface area (Å²) in [6.45, 7) is 2.32. The highest BCUT2D eigenvalue weighted by molar-refractivity contribution is 9.10. The van der Waals surface area contributed by atoms with Crippen molar-refractivity contribution in [3.63, 3.8) is 0 Å². The molecule has 0 spiro atoms. The third-order valence-electron chi connectivity index (χ3n) is 2.38. The molecule has 0 bridgehead atoms. The van der Waals surface area contributed by atoms with Crippen LogP contribution in [0.5, 0.6) is 0 Å². The number of aryl methyl sites for hydroxylation is 1. The van der Waals surface area contributed by atoms with Crippen molar-refractivity contribution in [1.29, 1.82) is 0 Å². The minimum Gasteiger partial charge on any atom is -0.330 e. The Labute approximate surface area is 94.4 Å². The van der Waals surface area contributed by atoms with E-state index in [1.807, 2.05) is 6.92 Å². The lowest BCUT2D eigenvalue weighted by Gasteiger charge is -2.05. The molecule has 0 saturated carbocycles. The molecule has 0 saturated heterocycles. The van der Waals surface area contributed by atoms with E-state index < -0.39 is 0 Å². The Kier molecular flexibility index (Phi) is 2.62. The van der Waals surface area contributed by atoms with Crippen molar-refractivity contribution in [2.24, 2.45) is 5.73 Å². The molecule has 0 radical (unpaired) electrons. The van der Waals surface area contributed by atoms with Gasteiger partial charge in [0.25, 0.3) is 5.56 Å². The molecule has 2 aromatic rings. The van der Waals surface area contributed by atoms with Crippen LogP contribution in [-0.2, 0) is 6.42 Å². The first-order valence-electron chi connectivity index (χ1n) is 4.60. The molecule has 80 valence electrons. The summed E-state index contributed by atoms with van der Waals surface area (Å²) in [5, 5.41) is 4.16. The SMILES string of the molecule is Cc1c(CCN)c(=O)[nH]c2c(Br)cnn12. The molecule has 0 aliphatic heterocycles. The van der Waals surface area contributed by atoms with E-state index in [4.69, 9.17) is 5.73 Å². The van der Waals surface area contributed by atoms with Gasteiger partial charge in [0.2, 0.25) is 0 Å². The molecule has 2 heterocycles. The van der Waals surface area contributed by atoms with Crippen molar-refractivity contribution >= 4 is 21.6 Å². The van der Waals surface area contributed by atoms with Gasteiger partial charge in [-0.05, 0) is 35.8 Å². The van der Waals surface area contributed by atoms with Crippen molar-refractivity contribution < 1.29 is 0 Å². The van der Waals surface area contributed by atoms with E-state index in [9.17, 15) is 4.79 Å². The fourth-order valence-electron chi connectivity index (χ4n) is 1.61. The average Bonchev–Trinajstić information content (AvgIpc) is 2.55. The van der Waals surface area contributed by atoms with Crippen LogP contribution in [0.3, 0.4) is 0 Å². The first-order chi connectivity index (χ1) is 7.15. The quantitative estimate of drug-likeness (QED) is 0.839. The largest absolute Gasteiger partial charge is 0.330 e. The van der Waals surface area contributed by atoms with E-state index in [1.165, 1.54) is 0 Å². The Balaban J connectivity index is 2.79. The van der Waals surface area contributed by atoms with Crippen molar-refractivity contribution in [3.8, 4) is 0 Å². The number of nitrogens with zero attached hydrogens (tertiary/aromatic N) is 2. The molecule has 0 aliphatic rings. The van der Waals surface area contributed by atoms with Crippen LogP contribution in [0, 0.1) is 6.92 Å². The van der Waals surface area contributed by atoms with Crippen LogP contribution >= 0.6 is 15.9 Å². The normalized spacial score (nSPS) is 11.1.